The van der Waals surface area contributed by atoms with Gasteiger partial charge in [-0.25, -0.2) is 9.59 Å². The van der Waals surface area contributed by atoms with E-state index in [4.69, 9.17) is 18.9 Å². The number of carbonyl (C=O) groups excluding carboxylic acids is 5. The average Bonchev–Trinajstić information content (AvgIpc) is 3.18. The number of aliphatic hydroxyl groups excluding tert-OH is 3. The van der Waals surface area contributed by atoms with Crippen LogP contribution in [-0.4, -0.2) is 104 Å². The molecule has 14 nitrogen and oxygen atoms in total. The number of ketones is 1. The predicted molar refractivity (Wildman–Crippen MR) is 207 cm³/mol. The largest absolute Gasteiger partial charge is 0.456 e. The zero-order valence-electron chi connectivity index (χ0n) is 33.8. The zero-order valence-corrected chi connectivity index (χ0v) is 33.8. The van der Waals surface area contributed by atoms with Gasteiger partial charge in [0.05, 0.1) is 35.6 Å². The van der Waals surface area contributed by atoms with Gasteiger partial charge < -0.3 is 44.7 Å². The van der Waals surface area contributed by atoms with Crippen LogP contribution in [0.3, 0.4) is 0 Å². The number of hydrogen-bond donors (Lipinski definition) is 5. The molecule has 4 aliphatic rings. The molecule has 1 aliphatic heterocycles. The molecule has 11 atom stereocenters. The second-order valence-corrected chi connectivity index (χ2v) is 17.0. The molecule has 0 spiro atoms. The lowest BCUT2D eigenvalue weighted by Crippen LogP contribution is -2.81. The summed E-state index contributed by atoms with van der Waals surface area (Å²) < 4.78 is 24.2. The van der Waals surface area contributed by atoms with Crippen LogP contribution in [0, 0.1) is 16.7 Å². The molecular formula is C44H55NO13. The highest BCUT2D eigenvalue weighted by Crippen LogP contribution is 2.64. The highest BCUT2D eigenvalue weighted by atomic mass is 16.6. The van der Waals surface area contributed by atoms with Crippen LogP contribution in [0.4, 0.5) is 0 Å². The summed E-state index contributed by atoms with van der Waals surface area (Å²) in [6, 6.07) is 15.1. The monoisotopic (exact) mass is 805 g/mol. The molecule has 2 aromatic rings. The van der Waals surface area contributed by atoms with Gasteiger partial charge in [-0.05, 0) is 49.1 Å². The van der Waals surface area contributed by atoms with Gasteiger partial charge in [0.1, 0.15) is 30.0 Å². The van der Waals surface area contributed by atoms with Crippen molar-refractivity contribution in [2.24, 2.45) is 16.7 Å². The van der Waals surface area contributed by atoms with E-state index in [-0.39, 0.29) is 42.1 Å². The maximum absolute atomic E-state index is 15.0. The smallest absolute Gasteiger partial charge is 0.338 e. The summed E-state index contributed by atoms with van der Waals surface area (Å²) in [7, 11) is 0. The Bertz CT molecular complexity index is 1930. The Morgan fingerprint density at radius 2 is 1.60 bits per heavy atom. The van der Waals surface area contributed by atoms with Crippen molar-refractivity contribution >= 4 is 29.6 Å². The molecule has 3 aliphatic carbocycles. The summed E-state index contributed by atoms with van der Waals surface area (Å²) in [5.41, 5.74) is -6.98. The van der Waals surface area contributed by atoms with Gasteiger partial charge in [0.15, 0.2) is 17.5 Å². The van der Waals surface area contributed by atoms with Gasteiger partial charge in [-0.15, -0.1) is 0 Å². The van der Waals surface area contributed by atoms with Crippen molar-refractivity contribution in [1.29, 1.82) is 0 Å². The third-order valence-corrected chi connectivity index (χ3v) is 13.2. The van der Waals surface area contributed by atoms with Crippen LogP contribution in [0.1, 0.15) is 102 Å². The molecule has 1 amide bonds. The number of ether oxygens (including phenoxy) is 4. The summed E-state index contributed by atoms with van der Waals surface area (Å²) >= 11 is 0. The fourth-order valence-electron chi connectivity index (χ4n) is 9.91. The molecule has 5 N–H and O–H groups in total. The molecule has 0 aromatic heterocycles. The van der Waals surface area contributed by atoms with Gasteiger partial charge in [-0.2, -0.15) is 0 Å². The Labute approximate surface area is 337 Å². The molecule has 2 aromatic carbocycles. The molecule has 3 fully saturated rings. The molecule has 2 bridgehead atoms. The maximum atomic E-state index is 15.0. The number of amides is 1. The number of benzene rings is 2. The van der Waals surface area contributed by atoms with E-state index < -0.39 is 101 Å². The van der Waals surface area contributed by atoms with Gasteiger partial charge >= 0.3 is 17.9 Å². The number of fused-ring (bicyclic) bond motifs is 5. The lowest BCUT2D eigenvalue weighted by molar-refractivity contribution is -0.346. The summed E-state index contributed by atoms with van der Waals surface area (Å²) in [5, 5.41) is 51.8. The minimum Gasteiger partial charge on any atom is -0.456 e. The number of unbranched alkanes of at least 4 members (excludes halogenated alkanes) is 2. The van der Waals surface area contributed by atoms with E-state index >= 15 is 0 Å². The van der Waals surface area contributed by atoms with Gasteiger partial charge in [-0.3, -0.25) is 14.4 Å². The predicted octanol–water partition coefficient (Wildman–Crippen LogP) is 3.43. The Morgan fingerprint density at radius 1 is 0.966 bits per heavy atom. The minimum atomic E-state index is -2.33. The Morgan fingerprint density at radius 3 is 2.19 bits per heavy atom. The first-order chi connectivity index (χ1) is 27.3. The van der Waals surface area contributed by atoms with Crippen LogP contribution in [0.15, 0.2) is 71.8 Å². The number of esters is 3. The van der Waals surface area contributed by atoms with Gasteiger partial charge in [0.25, 0.3) is 0 Å². The molecule has 1 heterocycles. The van der Waals surface area contributed by atoms with Crippen molar-refractivity contribution < 1.29 is 63.3 Å². The van der Waals surface area contributed by atoms with E-state index in [1.165, 1.54) is 26.0 Å². The Balaban J connectivity index is 1.47. The zero-order chi connectivity index (χ0) is 42.4. The van der Waals surface area contributed by atoms with Crippen molar-refractivity contribution in [2.75, 3.05) is 6.61 Å². The van der Waals surface area contributed by atoms with E-state index in [1.807, 2.05) is 6.92 Å². The van der Waals surface area contributed by atoms with Crippen molar-refractivity contribution in [2.45, 2.75) is 134 Å². The van der Waals surface area contributed by atoms with Crippen LogP contribution in [0.25, 0.3) is 0 Å². The lowest BCUT2D eigenvalue weighted by atomic mass is 9.44. The van der Waals surface area contributed by atoms with Crippen molar-refractivity contribution in [1.82, 2.24) is 5.32 Å². The van der Waals surface area contributed by atoms with Crippen LogP contribution < -0.4 is 5.32 Å². The molecule has 1 unspecified atom stereocenters. The summed E-state index contributed by atoms with van der Waals surface area (Å²) in [6.45, 7) is 8.94. The molecule has 1 saturated heterocycles. The maximum Gasteiger partial charge on any atom is 0.338 e. The van der Waals surface area contributed by atoms with Crippen molar-refractivity contribution in [3.05, 3.63) is 82.9 Å². The van der Waals surface area contributed by atoms with Crippen molar-refractivity contribution in [3.8, 4) is 0 Å². The van der Waals surface area contributed by atoms with E-state index in [0.29, 0.717) is 12.0 Å². The van der Waals surface area contributed by atoms with E-state index in [9.17, 15) is 44.4 Å². The molecule has 2 saturated carbocycles. The van der Waals surface area contributed by atoms with E-state index in [0.717, 1.165) is 19.8 Å². The quantitative estimate of drug-likeness (QED) is 0.0901. The second kappa shape index (κ2) is 16.3. The Kier molecular flexibility index (Phi) is 12.1. The number of Topliss-reactive ketones (excluding diaryl/α,β-unsaturated/α-hetero) is 1. The lowest BCUT2D eigenvalue weighted by Gasteiger charge is -2.67. The van der Waals surface area contributed by atoms with Crippen molar-refractivity contribution in [3.63, 3.8) is 0 Å². The third-order valence-electron chi connectivity index (χ3n) is 13.2. The summed E-state index contributed by atoms with van der Waals surface area (Å²) in [5.74, 6) is -5.62. The Hall–Kier alpha value is -4.47. The highest BCUT2D eigenvalue weighted by molar-refractivity contribution is 5.94. The number of aliphatic hydroxyl groups is 4. The molecule has 14 heteroatoms. The number of carbonyl (C=O) groups is 5. The fourth-order valence-corrected chi connectivity index (χ4v) is 9.91. The molecule has 0 radical (unpaired) electrons. The topological polar surface area (TPSA) is 215 Å². The molecule has 6 rings (SSSR count). The third kappa shape index (κ3) is 7.16. The van der Waals surface area contributed by atoms with Crippen LogP contribution in [0.5, 0.6) is 0 Å². The number of rotatable bonds is 12. The summed E-state index contributed by atoms with van der Waals surface area (Å²) in [4.78, 5) is 69.0. The molecule has 314 valence electrons. The van der Waals surface area contributed by atoms with Gasteiger partial charge in [-0.1, -0.05) is 82.1 Å². The first-order valence-electron chi connectivity index (χ1n) is 20.0. The standard InChI is InChI=1S/C44H55NO13/c1-7-8-11-20-31(48)45-33(26-16-12-9-13-17-26)35(50)40(53)56-28-22-44(54)38(57-39(52)27-18-14-10-15-19-27)36-42(6,37(51)34(49)32(24(28)2)41(44,4)5)29(47)21-30-43(36,23-55-30)58-25(3)46/h9-10,12-19,28-30,33-36,38,47,49-50,54H,7-8,11,20-23H2,1-6H3,(H,45,48)/t28-,29+,30+,33?,34+,35+,36-,38-,42+,43-,44+/m0/s1. The van der Waals surface area contributed by atoms with Crippen LogP contribution in [0.2, 0.25) is 0 Å². The molecule has 58 heavy (non-hydrogen) atoms. The normalized spacial score (nSPS) is 33.4. The van der Waals surface area contributed by atoms with Gasteiger partial charge in [0.2, 0.25) is 5.91 Å². The minimum absolute atomic E-state index is 0.0384. The second-order valence-electron chi connectivity index (χ2n) is 17.0. The van der Waals surface area contributed by atoms with Crippen LogP contribution in [-0.2, 0) is 38.1 Å². The van der Waals surface area contributed by atoms with E-state index in [2.05, 4.69) is 5.32 Å². The number of hydrogen-bond acceptors (Lipinski definition) is 13. The fraction of sp³-hybridized carbons (Fsp3) is 0.568. The SMILES string of the molecule is CCCCCC(=O)NC(c1ccccc1)[C@@H](O)C(=O)O[C@H]1C[C@@]2(O)[C@@H](OC(=O)c3ccccc3)[C@@H]3[C@]4(OC(C)=O)CO[C@@H]4C[C@@H](O)[C@@]3(C)C(=O)[C@H](O)C(=C1C)C2(C)C. The van der Waals surface area contributed by atoms with Gasteiger partial charge in [0, 0.05) is 31.6 Å². The first kappa shape index (κ1) is 43.1. The highest BCUT2D eigenvalue weighted by Gasteiger charge is 2.78. The summed E-state index contributed by atoms with van der Waals surface area (Å²) in [6.07, 6.45) is -7.83. The van der Waals surface area contributed by atoms with E-state index in [1.54, 1.807) is 62.4 Å². The number of nitrogens with one attached hydrogen (secondary N) is 1. The average molecular weight is 806 g/mol. The molecular weight excluding hydrogens is 750 g/mol. The van der Waals surface area contributed by atoms with Crippen LogP contribution >= 0.6 is 0 Å². The first-order valence-corrected chi connectivity index (χ1v) is 20.0.